The Bertz CT molecular complexity index is 436. The molecule has 7 nitrogen and oxygen atoms in total. The maximum absolute atomic E-state index is 12.2. The van der Waals surface area contributed by atoms with Crippen molar-refractivity contribution in [1.82, 2.24) is 19.7 Å². The lowest BCUT2D eigenvalue weighted by molar-refractivity contribution is -0.149. The van der Waals surface area contributed by atoms with Crippen LogP contribution >= 0.6 is 11.8 Å². The topological polar surface area (TPSA) is 88.3 Å². The molecule has 2 heterocycles. The Balaban J connectivity index is 2.11. The molecule has 1 aliphatic rings. The molecule has 8 heteroatoms. The summed E-state index contributed by atoms with van der Waals surface area (Å²) in [4.78, 5) is 28.5. The highest BCUT2D eigenvalue weighted by atomic mass is 32.2. The van der Waals surface area contributed by atoms with Crippen molar-refractivity contribution in [1.29, 1.82) is 0 Å². The molecule has 2 atom stereocenters. The van der Waals surface area contributed by atoms with E-state index in [0.29, 0.717) is 5.75 Å². The number of aliphatic carboxylic acids is 1. The molecule has 1 aromatic heterocycles. The highest BCUT2D eigenvalue weighted by Gasteiger charge is 2.40. The minimum atomic E-state index is -0.953. The Morgan fingerprint density at radius 2 is 2.33 bits per heavy atom. The summed E-state index contributed by atoms with van der Waals surface area (Å²) in [6.07, 6.45) is 3.52. The van der Waals surface area contributed by atoms with E-state index < -0.39 is 12.0 Å². The number of amides is 1. The van der Waals surface area contributed by atoms with E-state index in [4.69, 9.17) is 5.11 Å². The average molecular weight is 270 g/mol. The van der Waals surface area contributed by atoms with Gasteiger partial charge >= 0.3 is 5.97 Å². The maximum Gasteiger partial charge on any atom is 0.327 e. The summed E-state index contributed by atoms with van der Waals surface area (Å²) >= 11 is 1.51. The Morgan fingerprint density at radius 3 is 2.89 bits per heavy atom. The first-order valence-corrected chi connectivity index (χ1v) is 6.66. The Labute approximate surface area is 108 Å². The third kappa shape index (κ3) is 2.47. The van der Waals surface area contributed by atoms with Gasteiger partial charge in [-0.2, -0.15) is 5.10 Å². The number of hydrogen-bond donors (Lipinski definition) is 1. The molecule has 0 spiro atoms. The first kappa shape index (κ1) is 12.9. The number of carboxylic acid groups (broad SMARTS) is 1. The van der Waals surface area contributed by atoms with Crippen molar-refractivity contribution in [2.75, 3.05) is 5.75 Å². The van der Waals surface area contributed by atoms with Crippen LogP contribution in [0.4, 0.5) is 0 Å². The lowest BCUT2D eigenvalue weighted by Gasteiger charge is -2.26. The summed E-state index contributed by atoms with van der Waals surface area (Å²) in [5.74, 6) is -0.744. The summed E-state index contributed by atoms with van der Waals surface area (Å²) in [7, 11) is 0. The largest absolute Gasteiger partial charge is 0.480 e. The molecule has 1 fully saturated rings. The zero-order valence-electron chi connectivity index (χ0n) is 9.89. The Kier molecular flexibility index (Phi) is 3.85. The van der Waals surface area contributed by atoms with Crippen molar-refractivity contribution in [3.63, 3.8) is 0 Å². The van der Waals surface area contributed by atoms with Crippen LogP contribution in [0.2, 0.25) is 0 Å². The number of carboxylic acids is 1. The van der Waals surface area contributed by atoms with Crippen molar-refractivity contribution in [3.8, 4) is 0 Å². The molecule has 18 heavy (non-hydrogen) atoms. The molecule has 1 aromatic rings. The second kappa shape index (κ2) is 5.38. The van der Waals surface area contributed by atoms with Crippen LogP contribution in [0.25, 0.3) is 0 Å². The zero-order valence-corrected chi connectivity index (χ0v) is 10.7. The molecule has 0 radical (unpaired) electrons. The third-order valence-corrected chi connectivity index (χ3v) is 4.23. The van der Waals surface area contributed by atoms with E-state index in [1.54, 1.807) is 0 Å². The van der Waals surface area contributed by atoms with E-state index in [0.717, 1.165) is 6.42 Å². The Morgan fingerprint density at radius 1 is 1.56 bits per heavy atom. The van der Waals surface area contributed by atoms with Crippen LogP contribution in [0.15, 0.2) is 12.7 Å². The number of thioether (sulfide) groups is 1. The van der Waals surface area contributed by atoms with E-state index in [2.05, 4.69) is 10.1 Å². The van der Waals surface area contributed by atoms with Gasteiger partial charge in [0.05, 0.1) is 5.37 Å². The van der Waals surface area contributed by atoms with E-state index in [9.17, 15) is 9.59 Å². The van der Waals surface area contributed by atoms with Crippen LogP contribution in [0.3, 0.4) is 0 Å². The van der Waals surface area contributed by atoms with Gasteiger partial charge in [-0.3, -0.25) is 4.79 Å². The molecule has 2 rings (SSSR count). The second-order valence-electron chi connectivity index (χ2n) is 3.94. The van der Waals surface area contributed by atoms with Gasteiger partial charge in [0.25, 0.3) is 0 Å². The molecule has 0 saturated carbocycles. The predicted molar refractivity (Wildman–Crippen MR) is 64.8 cm³/mol. The van der Waals surface area contributed by atoms with Crippen molar-refractivity contribution < 1.29 is 14.7 Å². The van der Waals surface area contributed by atoms with E-state index >= 15 is 0 Å². The van der Waals surface area contributed by atoms with Gasteiger partial charge in [-0.15, -0.1) is 11.8 Å². The molecular formula is C10H14N4O3S. The molecular weight excluding hydrogens is 256 g/mol. The minimum Gasteiger partial charge on any atom is -0.480 e. The highest BCUT2D eigenvalue weighted by Crippen LogP contribution is 2.31. The van der Waals surface area contributed by atoms with Gasteiger partial charge in [0.15, 0.2) is 0 Å². The maximum atomic E-state index is 12.2. The normalized spacial score (nSPS) is 23.3. The van der Waals surface area contributed by atoms with Gasteiger partial charge in [0.2, 0.25) is 5.91 Å². The molecule has 1 amide bonds. The number of carbonyl (C=O) groups excluding carboxylic acids is 1. The summed E-state index contributed by atoms with van der Waals surface area (Å²) < 4.78 is 1.40. The van der Waals surface area contributed by atoms with Crippen LogP contribution in [0, 0.1) is 0 Å². The van der Waals surface area contributed by atoms with Gasteiger partial charge in [0.1, 0.15) is 25.2 Å². The molecule has 1 N–H and O–H groups in total. The fourth-order valence-corrected chi connectivity index (χ4v) is 3.31. The zero-order chi connectivity index (χ0) is 13.1. The first-order chi connectivity index (χ1) is 8.63. The molecule has 2 unspecified atom stereocenters. The average Bonchev–Trinajstić information content (AvgIpc) is 2.95. The number of carbonyl (C=O) groups is 2. The molecule has 98 valence electrons. The number of aromatic nitrogens is 3. The van der Waals surface area contributed by atoms with Crippen LogP contribution in [0.1, 0.15) is 13.3 Å². The fourth-order valence-electron chi connectivity index (χ4n) is 1.94. The van der Waals surface area contributed by atoms with Crippen molar-refractivity contribution in [3.05, 3.63) is 12.7 Å². The first-order valence-electron chi connectivity index (χ1n) is 5.61. The number of rotatable bonds is 4. The van der Waals surface area contributed by atoms with Gasteiger partial charge in [0, 0.05) is 5.75 Å². The molecule has 0 aromatic carbocycles. The number of hydrogen-bond acceptors (Lipinski definition) is 5. The molecule has 0 aliphatic carbocycles. The van der Waals surface area contributed by atoms with Gasteiger partial charge in [-0.1, -0.05) is 6.92 Å². The lowest BCUT2D eigenvalue weighted by Crippen LogP contribution is -2.46. The van der Waals surface area contributed by atoms with Crippen molar-refractivity contribution in [2.24, 2.45) is 0 Å². The van der Waals surface area contributed by atoms with Crippen molar-refractivity contribution in [2.45, 2.75) is 31.3 Å². The quantitative estimate of drug-likeness (QED) is 0.831. The third-order valence-electron chi connectivity index (χ3n) is 2.78. The summed E-state index contributed by atoms with van der Waals surface area (Å²) in [6.45, 7) is 1.97. The molecule has 1 saturated heterocycles. The summed E-state index contributed by atoms with van der Waals surface area (Å²) in [6, 6.07) is -0.740. The summed E-state index contributed by atoms with van der Waals surface area (Å²) in [5.41, 5.74) is 0. The Hall–Kier alpha value is -1.57. The standard InChI is InChI=1S/C10H14N4O3S/c1-2-9-14(7(4-18-9)10(16)17)8(15)3-13-6-11-5-12-13/h5-7,9H,2-4H2,1H3,(H,16,17). The highest BCUT2D eigenvalue weighted by molar-refractivity contribution is 8.00. The van der Waals surface area contributed by atoms with Gasteiger partial charge < -0.3 is 10.0 Å². The fraction of sp³-hybridized carbons (Fsp3) is 0.600. The monoisotopic (exact) mass is 270 g/mol. The van der Waals surface area contributed by atoms with Gasteiger partial charge in [-0.25, -0.2) is 14.5 Å². The van der Waals surface area contributed by atoms with E-state index in [-0.39, 0.29) is 17.8 Å². The molecule has 0 bridgehead atoms. The smallest absolute Gasteiger partial charge is 0.327 e. The minimum absolute atomic E-state index is 0.0286. The van der Waals surface area contributed by atoms with E-state index in [1.165, 1.54) is 34.0 Å². The number of nitrogens with zero attached hydrogens (tertiary/aromatic N) is 4. The van der Waals surface area contributed by atoms with Gasteiger partial charge in [-0.05, 0) is 6.42 Å². The lowest BCUT2D eigenvalue weighted by atomic mass is 10.2. The SMILES string of the molecule is CCC1SCC(C(=O)O)N1C(=O)Cn1cncn1. The summed E-state index contributed by atoms with van der Waals surface area (Å²) in [5, 5.41) is 12.9. The van der Waals surface area contributed by atoms with Crippen LogP contribution in [-0.4, -0.2) is 53.8 Å². The van der Waals surface area contributed by atoms with Crippen LogP contribution < -0.4 is 0 Å². The van der Waals surface area contributed by atoms with Crippen molar-refractivity contribution >= 4 is 23.6 Å². The van der Waals surface area contributed by atoms with Crippen LogP contribution in [0.5, 0.6) is 0 Å². The second-order valence-corrected chi connectivity index (χ2v) is 5.16. The van der Waals surface area contributed by atoms with Crippen LogP contribution in [-0.2, 0) is 16.1 Å². The predicted octanol–water partition coefficient (Wildman–Crippen LogP) is 0.0428. The molecule has 1 aliphatic heterocycles. The van der Waals surface area contributed by atoms with E-state index in [1.807, 2.05) is 6.92 Å².